The van der Waals surface area contributed by atoms with E-state index in [0.717, 1.165) is 24.5 Å². The summed E-state index contributed by atoms with van der Waals surface area (Å²) in [5, 5.41) is 7.61. The predicted octanol–water partition coefficient (Wildman–Crippen LogP) is 0.139. The number of nitrogens with zero attached hydrogens (tertiary/aromatic N) is 3. The lowest BCUT2D eigenvalue weighted by molar-refractivity contribution is -0.126. The van der Waals surface area contributed by atoms with Gasteiger partial charge in [-0.25, -0.2) is 9.67 Å². The van der Waals surface area contributed by atoms with Gasteiger partial charge in [0.15, 0.2) is 0 Å². The maximum absolute atomic E-state index is 11.9. The number of hydrogen-bond acceptors (Lipinski definition) is 4. The van der Waals surface area contributed by atoms with Crippen LogP contribution < -0.4 is 11.1 Å². The molecular weight excluding hydrogens is 230 g/mol. The molecule has 1 aliphatic rings. The highest BCUT2D eigenvalue weighted by Gasteiger charge is 2.50. The lowest BCUT2D eigenvalue weighted by Gasteiger charge is -2.31. The number of amides is 1. The van der Waals surface area contributed by atoms with Crippen LogP contribution in [0.5, 0.6) is 0 Å². The van der Waals surface area contributed by atoms with Crippen LogP contribution in [-0.4, -0.2) is 32.8 Å². The fourth-order valence-corrected chi connectivity index (χ4v) is 2.53. The molecule has 6 heteroatoms. The van der Waals surface area contributed by atoms with Crippen molar-refractivity contribution in [2.24, 2.45) is 11.7 Å². The van der Waals surface area contributed by atoms with Crippen molar-refractivity contribution < 1.29 is 4.79 Å². The van der Waals surface area contributed by atoms with Gasteiger partial charge in [0.1, 0.15) is 17.2 Å². The Morgan fingerprint density at radius 3 is 2.61 bits per heavy atom. The van der Waals surface area contributed by atoms with Crippen molar-refractivity contribution in [1.29, 1.82) is 0 Å². The molecule has 0 radical (unpaired) electrons. The molecule has 1 aromatic rings. The van der Waals surface area contributed by atoms with Crippen LogP contribution in [-0.2, 0) is 11.3 Å². The standard InChI is InChI=1S/C12H21N5O/c1-4-14-12(11(13)18,10-5-6-10)7-17-9(3)15-8(2)16-17/h10,14H,4-7H2,1-3H3,(H2,13,18). The van der Waals surface area contributed by atoms with Crippen molar-refractivity contribution in [2.75, 3.05) is 6.54 Å². The molecule has 0 aliphatic heterocycles. The highest BCUT2D eigenvalue weighted by molar-refractivity contribution is 5.85. The summed E-state index contributed by atoms with van der Waals surface area (Å²) in [7, 11) is 0. The monoisotopic (exact) mass is 251 g/mol. The summed E-state index contributed by atoms with van der Waals surface area (Å²) in [4.78, 5) is 16.2. The van der Waals surface area contributed by atoms with Crippen LogP contribution in [0, 0.1) is 19.8 Å². The zero-order valence-electron chi connectivity index (χ0n) is 11.2. The van der Waals surface area contributed by atoms with Crippen molar-refractivity contribution >= 4 is 5.91 Å². The molecule has 1 amide bonds. The van der Waals surface area contributed by atoms with Crippen molar-refractivity contribution in [2.45, 2.75) is 45.7 Å². The number of rotatable bonds is 6. The first-order valence-corrected chi connectivity index (χ1v) is 6.42. The van der Waals surface area contributed by atoms with E-state index >= 15 is 0 Å². The average Bonchev–Trinajstić information content (AvgIpc) is 3.06. The third kappa shape index (κ3) is 2.25. The fourth-order valence-electron chi connectivity index (χ4n) is 2.53. The summed E-state index contributed by atoms with van der Waals surface area (Å²) in [5.41, 5.74) is 4.96. The van der Waals surface area contributed by atoms with Gasteiger partial charge >= 0.3 is 0 Å². The molecule has 0 aromatic carbocycles. The minimum atomic E-state index is -0.681. The number of likely N-dealkylation sites (N-methyl/N-ethyl adjacent to an activating group) is 1. The minimum absolute atomic E-state index is 0.292. The Labute approximate surface area is 107 Å². The summed E-state index contributed by atoms with van der Waals surface area (Å²) in [5.74, 6) is 1.56. The normalized spacial score (nSPS) is 18.6. The molecule has 1 aliphatic carbocycles. The van der Waals surface area contributed by atoms with Crippen LogP contribution >= 0.6 is 0 Å². The van der Waals surface area contributed by atoms with Gasteiger partial charge in [0.05, 0.1) is 6.54 Å². The molecule has 2 rings (SSSR count). The Balaban J connectivity index is 2.29. The molecule has 3 N–H and O–H groups in total. The summed E-state index contributed by atoms with van der Waals surface area (Å²) >= 11 is 0. The first-order valence-electron chi connectivity index (χ1n) is 6.42. The quantitative estimate of drug-likeness (QED) is 0.753. The lowest BCUT2D eigenvalue weighted by atomic mass is 9.92. The molecular formula is C12H21N5O. The summed E-state index contributed by atoms with van der Waals surface area (Å²) in [6.45, 7) is 6.91. The second-order valence-corrected chi connectivity index (χ2v) is 5.00. The maximum Gasteiger partial charge on any atom is 0.239 e. The molecule has 18 heavy (non-hydrogen) atoms. The van der Waals surface area contributed by atoms with E-state index in [-0.39, 0.29) is 5.91 Å². The Morgan fingerprint density at radius 1 is 1.56 bits per heavy atom. The molecule has 0 spiro atoms. The molecule has 1 heterocycles. The van der Waals surface area contributed by atoms with Gasteiger partial charge in [0, 0.05) is 0 Å². The van der Waals surface area contributed by atoms with Gasteiger partial charge in [-0.05, 0) is 39.2 Å². The Morgan fingerprint density at radius 2 is 2.22 bits per heavy atom. The number of aromatic nitrogens is 3. The van der Waals surface area contributed by atoms with Crippen molar-refractivity contribution in [1.82, 2.24) is 20.1 Å². The van der Waals surface area contributed by atoms with Crippen LogP contribution in [0.15, 0.2) is 0 Å². The van der Waals surface area contributed by atoms with Gasteiger partial charge in [-0.15, -0.1) is 0 Å². The van der Waals surface area contributed by atoms with Crippen LogP contribution in [0.4, 0.5) is 0 Å². The van der Waals surface area contributed by atoms with E-state index in [1.165, 1.54) is 0 Å². The van der Waals surface area contributed by atoms with Gasteiger partial charge in [-0.3, -0.25) is 4.79 Å². The molecule has 100 valence electrons. The van der Waals surface area contributed by atoms with Gasteiger partial charge in [0.25, 0.3) is 0 Å². The maximum atomic E-state index is 11.9. The van der Waals surface area contributed by atoms with E-state index in [4.69, 9.17) is 5.73 Å². The van der Waals surface area contributed by atoms with Crippen molar-refractivity contribution in [3.8, 4) is 0 Å². The second-order valence-electron chi connectivity index (χ2n) is 5.00. The number of hydrogen-bond donors (Lipinski definition) is 2. The van der Waals surface area contributed by atoms with E-state index in [1.54, 1.807) is 4.68 Å². The predicted molar refractivity (Wildman–Crippen MR) is 67.8 cm³/mol. The molecule has 1 aromatic heterocycles. The summed E-state index contributed by atoms with van der Waals surface area (Å²) in [6, 6.07) is 0. The Hall–Kier alpha value is -1.43. The highest BCUT2D eigenvalue weighted by atomic mass is 16.1. The third-order valence-electron chi connectivity index (χ3n) is 3.57. The molecule has 1 saturated carbocycles. The largest absolute Gasteiger partial charge is 0.368 e. The van der Waals surface area contributed by atoms with E-state index in [2.05, 4.69) is 15.4 Å². The van der Waals surface area contributed by atoms with E-state index in [1.807, 2.05) is 20.8 Å². The fraction of sp³-hybridized carbons (Fsp3) is 0.750. The van der Waals surface area contributed by atoms with Gasteiger partial charge in [-0.2, -0.15) is 5.10 Å². The van der Waals surface area contributed by atoms with Crippen molar-refractivity contribution in [3.05, 3.63) is 11.6 Å². The van der Waals surface area contributed by atoms with Crippen LogP contribution in [0.1, 0.15) is 31.4 Å². The van der Waals surface area contributed by atoms with Crippen LogP contribution in [0.3, 0.4) is 0 Å². The van der Waals surface area contributed by atoms with Gasteiger partial charge < -0.3 is 11.1 Å². The Bertz CT molecular complexity index is 451. The van der Waals surface area contributed by atoms with E-state index < -0.39 is 5.54 Å². The number of nitrogens with two attached hydrogens (primary N) is 1. The smallest absolute Gasteiger partial charge is 0.239 e. The molecule has 0 saturated heterocycles. The number of primary amides is 1. The highest BCUT2D eigenvalue weighted by Crippen LogP contribution is 2.40. The number of carbonyl (C=O) groups excluding carboxylic acids is 1. The van der Waals surface area contributed by atoms with Crippen LogP contribution in [0.2, 0.25) is 0 Å². The molecule has 1 atom stereocenters. The van der Waals surface area contributed by atoms with E-state index in [9.17, 15) is 4.79 Å². The summed E-state index contributed by atoms with van der Waals surface area (Å²) < 4.78 is 1.78. The lowest BCUT2D eigenvalue weighted by Crippen LogP contribution is -2.60. The third-order valence-corrected chi connectivity index (χ3v) is 3.57. The average molecular weight is 251 g/mol. The Kier molecular flexibility index (Phi) is 3.38. The SMILES string of the molecule is CCNC(Cn1nc(C)nc1C)(C(N)=O)C1CC1. The molecule has 0 bridgehead atoms. The van der Waals surface area contributed by atoms with Gasteiger partial charge in [-0.1, -0.05) is 6.92 Å². The van der Waals surface area contributed by atoms with Crippen molar-refractivity contribution in [3.63, 3.8) is 0 Å². The first kappa shape index (κ1) is 13.0. The number of carbonyl (C=O) groups is 1. The topological polar surface area (TPSA) is 85.8 Å². The molecule has 6 nitrogen and oxygen atoms in total. The zero-order chi connectivity index (χ0) is 13.3. The molecule has 1 unspecified atom stereocenters. The first-order chi connectivity index (χ1) is 8.49. The number of nitrogens with one attached hydrogen (secondary N) is 1. The second kappa shape index (κ2) is 4.68. The minimum Gasteiger partial charge on any atom is -0.368 e. The molecule has 1 fully saturated rings. The zero-order valence-corrected chi connectivity index (χ0v) is 11.2. The summed E-state index contributed by atoms with van der Waals surface area (Å²) in [6.07, 6.45) is 2.09. The van der Waals surface area contributed by atoms with E-state index in [0.29, 0.717) is 19.0 Å². The van der Waals surface area contributed by atoms with Crippen LogP contribution in [0.25, 0.3) is 0 Å². The number of aryl methyl sites for hydroxylation is 2. The van der Waals surface area contributed by atoms with Gasteiger partial charge in [0.2, 0.25) is 5.91 Å².